The molecule has 0 N–H and O–H groups in total. The lowest BCUT2D eigenvalue weighted by Crippen LogP contribution is -2.08. The van der Waals surface area contributed by atoms with Crippen molar-refractivity contribution in [2.75, 3.05) is 7.11 Å². The van der Waals surface area contributed by atoms with Gasteiger partial charge in [0.1, 0.15) is 0 Å². The Morgan fingerprint density at radius 2 is 1.75 bits per heavy atom. The molecule has 0 bridgehead atoms. The molecule has 0 aliphatic carbocycles. The topological polar surface area (TPSA) is 43.4 Å². The number of ether oxygens (including phenoxy) is 1. The third kappa shape index (κ3) is 3.14. The van der Waals surface area contributed by atoms with Crippen LogP contribution in [0.4, 0.5) is 0 Å². The Balaban J connectivity index is 2.29. The molecule has 2 aromatic carbocycles. The molecule has 2 rings (SSSR count). The minimum Gasteiger partial charge on any atom is -0.465 e. The normalized spacial score (nSPS) is 11.9. The Bertz CT molecular complexity index is 650. The first-order valence-corrected chi connectivity index (χ1v) is 7.55. The Morgan fingerprint density at radius 1 is 1.10 bits per heavy atom. The summed E-state index contributed by atoms with van der Waals surface area (Å²) in [5.74, 6) is -0.0989. The zero-order valence-electron chi connectivity index (χ0n) is 11.5. The molecule has 0 radical (unpaired) electrons. The summed E-state index contributed by atoms with van der Waals surface area (Å²) >= 11 is 0. The highest BCUT2D eigenvalue weighted by atomic mass is 32.2. The summed E-state index contributed by atoms with van der Waals surface area (Å²) < 4.78 is 17.2. The van der Waals surface area contributed by atoms with Gasteiger partial charge in [-0.15, -0.1) is 0 Å². The number of carbonyl (C=O) groups excluding carboxylic acids is 1. The van der Waals surface area contributed by atoms with Crippen LogP contribution in [-0.2, 0) is 21.3 Å². The number of methoxy groups -OCH3 is 1. The number of benzene rings is 2. The lowest BCUT2D eigenvalue weighted by Gasteiger charge is -2.09. The molecule has 1 unspecified atom stereocenters. The van der Waals surface area contributed by atoms with Crippen molar-refractivity contribution in [2.24, 2.45) is 0 Å². The molecular formula is C16H16O3S. The van der Waals surface area contributed by atoms with E-state index in [1.807, 2.05) is 43.3 Å². The molecule has 0 aliphatic heterocycles. The number of aryl methyl sites for hydroxylation is 1. The highest BCUT2D eigenvalue weighted by molar-refractivity contribution is 7.84. The minimum atomic E-state index is -1.18. The SMILES string of the molecule is COC(=O)c1ccccc1CS(=O)c1ccccc1C. The van der Waals surface area contributed by atoms with E-state index in [4.69, 9.17) is 4.74 Å². The predicted molar refractivity (Wildman–Crippen MR) is 79.1 cm³/mol. The van der Waals surface area contributed by atoms with Crippen LogP contribution in [0, 0.1) is 6.92 Å². The van der Waals surface area contributed by atoms with Gasteiger partial charge in [0.2, 0.25) is 0 Å². The molecule has 1 atom stereocenters. The molecule has 4 heteroatoms. The fourth-order valence-corrected chi connectivity index (χ4v) is 3.33. The van der Waals surface area contributed by atoms with Gasteiger partial charge < -0.3 is 4.74 Å². The summed E-state index contributed by atoms with van der Waals surface area (Å²) in [7, 11) is 0.162. The molecule has 0 saturated carbocycles. The summed E-state index contributed by atoms with van der Waals surface area (Å²) in [6.07, 6.45) is 0. The van der Waals surface area contributed by atoms with Crippen LogP contribution in [0.15, 0.2) is 53.4 Å². The monoisotopic (exact) mass is 288 g/mol. The highest BCUT2D eigenvalue weighted by Crippen LogP contribution is 2.19. The van der Waals surface area contributed by atoms with E-state index >= 15 is 0 Å². The van der Waals surface area contributed by atoms with Crippen LogP contribution < -0.4 is 0 Å². The standard InChI is InChI=1S/C16H16O3S/c1-12-7-3-6-10-15(12)20(18)11-13-8-4-5-9-14(13)16(17)19-2/h3-10H,11H2,1-2H3. The van der Waals surface area contributed by atoms with E-state index in [1.165, 1.54) is 7.11 Å². The van der Waals surface area contributed by atoms with Gasteiger partial charge in [-0.05, 0) is 30.2 Å². The van der Waals surface area contributed by atoms with Gasteiger partial charge in [0.05, 0.1) is 29.2 Å². The Kier molecular flexibility index (Phi) is 4.69. The smallest absolute Gasteiger partial charge is 0.338 e. The first-order valence-electron chi connectivity index (χ1n) is 6.23. The third-order valence-corrected chi connectivity index (χ3v) is 4.57. The summed E-state index contributed by atoms with van der Waals surface area (Å²) in [5.41, 5.74) is 2.19. The van der Waals surface area contributed by atoms with Gasteiger partial charge in [0, 0.05) is 4.90 Å². The summed E-state index contributed by atoms with van der Waals surface area (Å²) in [6, 6.07) is 14.7. The van der Waals surface area contributed by atoms with E-state index in [-0.39, 0.29) is 0 Å². The molecule has 0 saturated heterocycles. The summed E-state index contributed by atoms with van der Waals surface area (Å²) in [6.45, 7) is 1.93. The lowest BCUT2D eigenvalue weighted by molar-refractivity contribution is 0.0600. The first kappa shape index (κ1) is 14.5. The molecule has 104 valence electrons. The van der Waals surface area contributed by atoms with Gasteiger partial charge >= 0.3 is 5.97 Å². The van der Waals surface area contributed by atoms with Gasteiger partial charge in [0.25, 0.3) is 0 Å². The van der Waals surface area contributed by atoms with E-state index in [0.29, 0.717) is 11.3 Å². The van der Waals surface area contributed by atoms with Crippen molar-refractivity contribution >= 4 is 16.8 Å². The molecule has 3 nitrogen and oxygen atoms in total. The second-order valence-electron chi connectivity index (χ2n) is 4.40. The fraction of sp³-hybridized carbons (Fsp3) is 0.188. The van der Waals surface area contributed by atoms with E-state index in [9.17, 15) is 9.00 Å². The second kappa shape index (κ2) is 6.48. The Hall–Kier alpha value is -1.94. The van der Waals surface area contributed by atoms with Gasteiger partial charge in [-0.3, -0.25) is 4.21 Å². The molecule has 0 aromatic heterocycles. The van der Waals surface area contributed by atoms with Crippen molar-refractivity contribution < 1.29 is 13.7 Å². The van der Waals surface area contributed by atoms with Crippen LogP contribution in [0.3, 0.4) is 0 Å². The van der Waals surface area contributed by atoms with Crippen molar-refractivity contribution in [2.45, 2.75) is 17.6 Å². The minimum absolute atomic E-state index is 0.302. The highest BCUT2D eigenvalue weighted by Gasteiger charge is 2.14. The Labute approximate surface area is 121 Å². The summed E-state index contributed by atoms with van der Waals surface area (Å²) in [5, 5.41) is 0. The van der Waals surface area contributed by atoms with E-state index in [1.54, 1.807) is 12.1 Å². The average Bonchev–Trinajstić information content (AvgIpc) is 2.47. The third-order valence-electron chi connectivity index (χ3n) is 3.05. The maximum Gasteiger partial charge on any atom is 0.338 e. The second-order valence-corrected chi connectivity index (χ2v) is 5.82. The lowest BCUT2D eigenvalue weighted by atomic mass is 10.1. The maximum absolute atomic E-state index is 12.5. The molecule has 0 aliphatic rings. The average molecular weight is 288 g/mol. The molecular weight excluding hydrogens is 272 g/mol. The van der Waals surface area contributed by atoms with Crippen LogP contribution >= 0.6 is 0 Å². The molecule has 2 aromatic rings. The predicted octanol–water partition coefficient (Wildman–Crippen LogP) is 3.09. The van der Waals surface area contributed by atoms with Crippen LogP contribution in [0.1, 0.15) is 21.5 Å². The molecule has 0 fully saturated rings. The molecule has 0 heterocycles. The van der Waals surface area contributed by atoms with Crippen molar-refractivity contribution in [1.29, 1.82) is 0 Å². The first-order chi connectivity index (χ1) is 9.63. The van der Waals surface area contributed by atoms with Crippen molar-refractivity contribution in [1.82, 2.24) is 0 Å². The van der Waals surface area contributed by atoms with Gasteiger partial charge in [-0.1, -0.05) is 36.4 Å². The number of hydrogen-bond acceptors (Lipinski definition) is 3. The van der Waals surface area contributed by atoms with Crippen molar-refractivity contribution in [3.8, 4) is 0 Å². The van der Waals surface area contributed by atoms with Crippen LogP contribution in [0.5, 0.6) is 0 Å². The Morgan fingerprint density at radius 3 is 2.45 bits per heavy atom. The van der Waals surface area contributed by atoms with Crippen molar-refractivity contribution in [3.63, 3.8) is 0 Å². The van der Waals surface area contributed by atoms with Crippen molar-refractivity contribution in [3.05, 3.63) is 65.2 Å². The fourth-order valence-electron chi connectivity index (χ4n) is 1.99. The molecule has 20 heavy (non-hydrogen) atoms. The zero-order chi connectivity index (χ0) is 14.5. The van der Waals surface area contributed by atoms with Crippen LogP contribution in [0.25, 0.3) is 0 Å². The van der Waals surface area contributed by atoms with E-state index < -0.39 is 16.8 Å². The van der Waals surface area contributed by atoms with E-state index in [2.05, 4.69) is 0 Å². The zero-order valence-corrected chi connectivity index (χ0v) is 12.3. The van der Waals surface area contributed by atoms with E-state index in [0.717, 1.165) is 16.0 Å². The van der Waals surface area contributed by atoms with Crippen LogP contribution in [-0.4, -0.2) is 17.3 Å². The number of rotatable bonds is 4. The quantitative estimate of drug-likeness (QED) is 0.812. The summed E-state index contributed by atoms with van der Waals surface area (Å²) in [4.78, 5) is 12.5. The molecule has 0 amide bonds. The number of esters is 1. The maximum atomic E-state index is 12.5. The van der Waals surface area contributed by atoms with Gasteiger partial charge in [-0.2, -0.15) is 0 Å². The van der Waals surface area contributed by atoms with Crippen LogP contribution in [0.2, 0.25) is 0 Å². The van der Waals surface area contributed by atoms with Gasteiger partial charge in [-0.25, -0.2) is 4.79 Å². The number of carbonyl (C=O) groups is 1. The molecule has 0 spiro atoms. The number of hydrogen-bond donors (Lipinski definition) is 0. The largest absolute Gasteiger partial charge is 0.465 e. The van der Waals surface area contributed by atoms with Gasteiger partial charge in [0.15, 0.2) is 0 Å².